The first kappa shape index (κ1) is 12.7. The van der Waals surface area contributed by atoms with Crippen molar-refractivity contribution in [1.29, 1.82) is 0 Å². The Morgan fingerprint density at radius 2 is 1.67 bits per heavy atom. The number of rotatable bonds is 7. The van der Waals surface area contributed by atoms with Gasteiger partial charge in [0.2, 0.25) is 0 Å². The second-order valence-corrected chi connectivity index (χ2v) is 4.69. The summed E-state index contributed by atoms with van der Waals surface area (Å²) < 4.78 is 0. The predicted octanol–water partition coefficient (Wildman–Crippen LogP) is 3.08. The highest BCUT2D eigenvalue weighted by Gasteiger charge is 2.19. The molecular weight excluding hydrogens is 188 g/mol. The van der Waals surface area contributed by atoms with Gasteiger partial charge in [-0.05, 0) is 25.7 Å². The Kier molecular flexibility index (Phi) is 6.66. The van der Waals surface area contributed by atoms with Gasteiger partial charge in [-0.15, -0.1) is 0 Å². The van der Waals surface area contributed by atoms with Crippen molar-refractivity contribution in [3.8, 4) is 0 Å². The Hall–Kier alpha value is -0.370. The number of Topliss-reactive ketones (excluding diaryl/α,β-unsaturated/α-hetero) is 1. The molecule has 0 bridgehead atoms. The fourth-order valence-electron chi connectivity index (χ4n) is 2.39. The molecule has 0 aromatic rings. The molecule has 2 nitrogen and oxygen atoms in total. The maximum atomic E-state index is 11.8. The third-order valence-corrected chi connectivity index (χ3v) is 3.39. The molecule has 0 heterocycles. The summed E-state index contributed by atoms with van der Waals surface area (Å²) in [7, 11) is 0. The van der Waals surface area contributed by atoms with E-state index in [0.29, 0.717) is 11.7 Å². The van der Waals surface area contributed by atoms with Crippen LogP contribution in [0.5, 0.6) is 0 Å². The Morgan fingerprint density at radius 3 is 2.33 bits per heavy atom. The lowest BCUT2D eigenvalue weighted by Gasteiger charge is -2.20. The molecule has 0 aliphatic heterocycles. The van der Waals surface area contributed by atoms with E-state index in [-0.39, 0.29) is 6.61 Å². The summed E-state index contributed by atoms with van der Waals surface area (Å²) in [4.78, 5) is 11.8. The van der Waals surface area contributed by atoms with Gasteiger partial charge >= 0.3 is 0 Å². The lowest BCUT2D eigenvalue weighted by Crippen LogP contribution is -2.17. The summed E-state index contributed by atoms with van der Waals surface area (Å²) in [5.74, 6) is 0.885. The van der Waals surface area contributed by atoms with Crippen molar-refractivity contribution < 1.29 is 9.90 Å². The van der Waals surface area contributed by atoms with Crippen molar-refractivity contribution in [3.63, 3.8) is 0 Å². The molecule has 0 saturated heterocycles. The van der Waals surface area contributed by atoms with E-state index in [9.17, 15) is 4.79 Å². The summed E-state index contributed by atoms with van der Waals surface area (Å²) in [6, 6.07) is 0. The van der Waals surface area contributed by atoms with E-state index in [4.69, 9.17) is 5.11 Å². The molecule has 1 saturated carbocycles. The Balaban J connectivity index is 2.02. The zero-order valence-electron chi connectivity index (χ0n) is 9.71. The minimum Gasteiger partial charge on any atom is -0.396 e. The second-order valence-electron chi connectivity index (χ2n) is 4.69. The van der Waals surface area contributed by atoms with Crippen molar-refractivity contribution >= 4 is 5.78 Å². The number of hydrogen-bond donors (Lipinski definition) is 1. The minimum atomic E-state index is 0.288. The molecule has 0 spiro atoms. The fourth-order valence-corrected chi connectivity index (χ4v) is 2.39. The van der Waals surface area contributed by atoms with Gasteiger partial charge in [0.1, 0.15) is 5.78 Å². The van der Waals surface area contributed by atoms with Crippen LogP contribution in [0.25, 0.3) is 0 Å². The Labute approximate surface area is 93.1 Å². The SMILES string of the molecule is O=C(CCCCCCO)C1CCCCC1. The molecule has 0 aromatic carbocycles. The van der Waals surface area contributed by atoms with Gasteiger partial charge in [0, 0.05) is 18.9 Å². The summed E-state index contributed by atoms with van der Waals surface area (Å²) in [5.41, 5.74) is 0. The highest BCUT2D eigenvalue weighted by atomic mass is 16.2. The maximum absolute atomic E-state index is 11.8. The van der Waals surface area contributed by atoms with Crippen LogP contribution in [0.4, 0.5) is 0 Å². The molecule has 0 aromatic heterocycles. The Bertz CT molecular complexity index is 171. The van der Waals surface area contributed by atoms with E-state index in [0.717, 1.165) is 44.9 Å². The quantitative estimate of drug-likeness (QED) is 0.658. The number of aliphatic hydroxyl groups excluding tert-OH is 1. The molecule has 0 atom stereocenters. The van der Waals surface area contributed by atoms with Crippen molar-refractivity contribution in [1.82, 2.24) is 0 Å². The molecule has 0 amide bonds. The monoisotopic (exact) mass is 212 g/mol. The van der Waals surface area contributed by atoms with Crippen molar-refractivity contribution in [3.05, 3.63) is 0 Å². The molecule has 15 heavy (non-hydrogen) atoms. The van der Waals surface area contributed by atoms with Crippen LogP contribution < -0.4 is 0 Å². The van der Waals surface area contributed by atoms with Gasteiger partial charge in [-0.3, -0.25) is 4.79 Å². The van der Waals surface area contributed by atoms with Crippen molar-refractivity contribution in [2.45, 2.75) is 64.2 Å². The average Bonchev–Trinajstić information content (AvgIpc) is 2.30. The van der Waals surface area contributed by atoms with E-state index in [2.05, 4.69) is 0 Å². The van der Waals surface area contributed by atoms with Gasteiger partial charge in [-0.2, -0.15) is 0 Å². The summed E-state index contributed by atoms with van der Waals surface area (Å²) >= 11 is 0. The number of carbonyl (C=O) groups is 1. The van der Waals surface area contributed by atoms with E-state index in [1.165, 1.54) is 19.3 Å². The number of aliphatic hydroxyl groups is 1. The smallest absolute Gasteiger partial charge is 0.135 e. The molecule has 0 unspecified atom stereocenters. The van der Waals surface area contributed by atoms with E-state index >= 15 is 0 Å². The summed E-state index contributed by atoms with van der Waals surface area (Å²) in [6.07, 6.45) is 10.9. The molecule has 1 N–H and O–H groups in total. The van der Waals surface area contributed by atoms with E-state index in [1.807, 2.05) is 0 Å². The summed E-state index contributed by atoms with van der Waals surface area (Å²) in [6.45, 7) is 0.288. The third kappa shape index (κ3) is 5.31. The van der Waals surface area contributed by atoms with E-state index in [1.54, 1.807) is 0 Å². The standard InChI is InChI=1S/C13H24O2/c14-11-7-2-1-6-10-13(15)12-8-4-3-5-9-12/h12,14H,1-11H2. The molecule has 0 radical (unpaired) electrons. The van der Waals surface area contributed by atoms with Gasteiger partial charge in [0.05, 0.1) is 0 Å². The summed E-state index contributed by atoms with van der Waals surface area (Å²) in [5, 5.41) is 8.61. The van der Waals surface area contributed by atoms with Crippen LogP contribution in [0.3, 0.4) is 0 Å². The van der Waals surface area contributed by atoms with Crippen LogP contribution in [-0.2, 0) is 4.79 Å². The molecule has 2 heteroatoms. The molecular formula is C13H24O2. The van der Waals surface area contributed by atoms with Gasteiger partial charge in [-0.1, -0.05) is 32.1 Å². The van der Waals surface area contributed by atoms with Crippen LogP contribution in [0.2, 0.25) is 0 Å². The molecule has 88 valence electrons. The van der Waals surface area contributed by atoms with Crippen molar-refractivity contribution in [2.24, 2.45) is 5.92 Å². The fraction of sp³-hybridized carbons (Fsp3) is 0.923. The lowest BCUT2D eigenvalue weighted by molar-refractivity contribution is -0.123. The highest BCUT2D eigenvalue weighted by molar-refractivity contribution is 5.80. The van der Waals surface area contributed by atoms with Crippen LogP contribution in [0, 0.1) is 5.92 Å². The van der Waals surface area contributed by atoms with E-state index < -0.39 is 0 Å². The largest absolute Gasteiger partial charge is 0.396 e. The normalized spacial score (nSPS) is 17.9. The Morgan fingerprint density at radius 1 is 1.00 bits per heavy atom. The molecule has 1 fully saturated rings. The number of unbranched alkanes of at least 4 members (excludes halogenated alkanes) is 3. The van der Waals surface area contributed by atoms with Gasteiger partial charge < -0.3 is 5.11 Å². The van der Waals surface area contributed by atoms with Crippen LogP contribution in [0.1, 0.15) is 64.2 Å². The lowest BCUT2D eigenvalue weighted by atomic mass is 9.84. The first-order valence-electron chi connectivity index (χ1n) is 6.48. The van der Waals surface area contributed by atoms with Gasteiger partial charge in [0.25, 0.3) is 0 Å². The van der Waals surface area contributed by atoms with Gasteiger partial charge in [-0.25, -0.2) is 0 Å². The molecule has 1 aliphatic rings. The predicted molar refractivity (Wildman–Crippen MR) is 61.8 cm³/mol. The van der Waals surface area contributed by atoms with Gasteiger partial charge in [0.15, 0.2) is 0 Å². The first-order chi connectivity index (χ1) is 7.34. The topological polar surface area (TPSA) is 37.3 Å². The zero-order valence-corrected chi connectivity index (χ0v) is 9.71. The number of ketones is 1. The van der Waals surface area contributed by atoms with Crippen LogP contribution in [0.15, 0.2) is 0 Å². The second kappa shape index (κ2) is 7.86. The average molecular weight is 212 g/mol. The molecule has 1 aliphatic carbocycles. The molecule has 1 rings (SSSR count). The maximum Gasteiger partial charge on any atom is 0.135 e. The number of carbonyl (C=O) groups excluding carboxylic acids is 1. The highest BCUT2D eigenvalue weighted by Crippen LogP contribution is 2.25. The zero-order chi connectivity index (χ0) is 10.9. The van der Waals surface area contributed by atoms with Crippen LogP contribution in [-0.4, -0.2) is 17.5 Å². The third-order valence-electron chi connectivity index (χ3n) is 3.39. The minimum absolute atomic E-state index is 0.288. The van der Waals surface area contributed by atoms with Crippen LogP contribution >= 0.6 is 0 Å². The van der Waals surface area contributed by atoms with Crippen molar-refractivity contribution in [2.75, 3.05) is 6.61 Å². The first-order valence-corrected chi connectivity index (χ1v) is 6.48. The number of hydrogen-bond acceptors (Lipinski definition) is 2.